The second-order valence-corrected chi connectivity index (χ2v) is 5.47. The number of imidazole rings is 1. The lowest BCUT2D eigenvalue weighted by molar-refractivity contribution is -0.122. The maximum atomic E-state index is 11.6. The zero-order valence-electron chi connectivity index (χ0n) is 11.9. The maximum Gasteiger partial charge on any atom is 0.223 e. The molecule has 1 atom stereocenters. The van der Waals surface area contributed by atoms with Crippen LogP contribution in [0.3, 0.4) is 0 Å². The summed E-state index contributed by atoms with van der Waals surface area (Å²) in [4.78, 5) is 15.8. The molecule has 1 saturated carbocycles. The molecule has 110 valence electrons. The Labute approximate surface area is 124 Å². The number of rotatable bonds is 6. The molecule has 0 spiro atoms. The van der Waals surface area contributed by atoms with Crippen molar-refractivity contribution < 1.29 is 4.79 Å². The third kappa shape index (κ3) is 3.31. The Hall–Kier alpha value is -2.14. The van der Waals surface area contributed by atoms with E-state index >= 15 is 0 Å². The Bertz CT molecular complexity index is 604. The number of benzene rings is 1. The molecule has 1 amide bonds. The molecule has 2 aromatic rings. The van der Waals surface area contributed by atoms with Crippen molar-refractivity contribution in [3.05, 3.63) is 54.1 Å². The number of amides is 1. The molecule has 21 heavy (non-hydrogen) atoms. The van der Waals surface area contributed by atoms with Gasteiger partial charge in [0.15, 0.2) is 0 Å². The number of hydrogen-bond acceptors (Lipinski definition) is 3. The van der Waals surface area contributed by atoms with Crippen LogP contribution < -0.4 is 11.1 Å². The van der Waals surface area contributed by atoms with E-state index in [1.165, 1.54) is 0 Å². The fourth-order valence-corrected chi connectivity index (χ4v) is 2.40. The summed E-state index contributed by atoms with van der Waals surface area (Å²) < 4.78 is 2.00. The lowest BCUT2D eigenvalue weighted by Crippen LogP contribution is -2.29. The fraction of sp³-hybridized carbons (Fsp3) is 0.375. The van der Waals surface area contributed by atoms with Gasteiger partial charge >= 0.3 is 0 Å². The monoisotopic (exact) mass is 284 g/mol. The number of nitrogens with two attached hydrogens (primary N) is 1. The summed E-state index contributed by atoms with van der Waals surface area (Å²) in [6.07, 6.45) is 5.61. The molecule has 5 nitrogen and oxygen atoms in total. The Morgan fingerprint density at radius 3 is 2.86 bits per heavy atom. The van der Waals surface area contributed by atoms with Crippen LogP contribution in [0.2, 0.25) is 0 Å². The predicted molar refractivity (Wildman–Crippen MR) is 80.4 cm³/mol. The minimum Gasteiger partial charge on any atom is -0.354 e. The normalized spacial score (nSPS) is 15.7. The van der Waals surface area contributed by atoms with Gasteiger partial charge in [0.25, 0.3) is 0 Å². The molecular formula is C16H20N4O. The highest BCUT2D eigenvalue weighted by molar-refractivity contribution is 5.80. The summed E-state index contributed by atoms with van der Waals surface area (Å²) in [6, 6.07) is 9.75. The summed E-state index contributed by atoms with van der Waals surface area (Å²) in [5.74, 6) is 0.419. The highest BCUT2D eigenvalue weighted by Crippen LogP contribution is 2.28. The SMILES string of the molecule is NC(c1ccccc1)c1cncn1CCNC(=O)C1CC1. The number of hydrogen-bond donors (Lipinski definition) is 2. The van der Waals surface area contributed by atoms with E-state index in [2.05, 4.69) is 10.3 Å². The second-order valence-electron chi connectivity index (χ2n) is 5.47. The number of carbonyl (C=O) groups excluding carboxylic acids is 1. The standard InChI is InChI=1S/C16H20N4O/c17-15(12-4-2-1-3-5-12)14-10-18-11-20(14)9-8-19-16(21)13-6-7-13/h1-5,10-11,13,15H,6-9,17H2,(H,19,21). The van der Waals surface area contributed by atoms with Crippen LogP contribution in [0.1, 0.15) is 30.1 Å². The van der Waals surface area contributed by atoms with E-state index in [1.54, 1.807) is 12.5 Å². The minimum atomic E-state index is -0.201. The third-order valence-electron chi connectivity index (χ3n) is 3.82. The first kappa shape index (κ1) is 13.8. The molecule has 3 rings (SSSR count). The van der Waals surface area contributed by atoms with E-state index in [-0.39, 0.29) is 17.9 Å². The summed E-state index contributed by atoms with van der Waals surface area (Å²) in [5.41, 5.74) is 8.32. The van der Waals surface area contributed by atoms with Gasteiger partial charge in [0.05, 0.1) is 24.3 Å². The average molecular weight is 284 g/mol. The molecule has 0 radical (unpaired) electrons. The first-order valence-corrected chi connectivity index (χ1v) is 7.34. The molecule has 0 aliphatic heterocycles. The van der Waals surface area contributed by atoms with Crippen LogP contribution in [0.25, 0.3) is 0 Å². The molecule has 1 aromatic carbocycles. The molecule has 1 aliphatic carbocycles. The van der Waals surface area contributed by atoms with E-state index in [0.717, 1.165) is 24.1 Å². The largest absolute Gasteiger partial charge is 0.354 e. The number of nitrogens with zero attached hydrogens (tertiary/aromatic N) is 2. The molecule has 1 aliphatic rings. The minimum absolute atomic E-state index is 0.170. The van der Waals surface area contributed by atoms with Gasteiger partial charge in [0.2, 0.25) is 5.91 Å². The molecule has 3 N–H and O–H groups in total. The van der Waals surface area contributed by atoms with Crippen molar-refractivity contribution in [3.63, 3.8) is 0 Å². The number of aromatic nitrogens is 2. The zero-order valence-corrected chi connectivity index (χ0v) is 11.9. The van der Waals surface area contributed by atoms with Crippen LogP contribution in [0.15, 0.2) is 42.9 Å². The summed E-state index contributed by atoms with van der Waals surface area (Å²) in [5, 5.41) is 2.96. The van der Waals surface area contributed by atoms with E-state index in [1.807, 2.05) is 34.9 Å². The van der Waals surface area contributed by atoms with Gasteiger partial charge in [-0.2, -0.15) is 0 Å². The average Bonchev–Trinajstić information content (AvgIpc) is 3.27. The fourth-order valence-electron chi connectivity index (χ4n) is 2.40. The molecule has 1 heterocycles. The van der Waals surface area contributed by atoms with Crippen molar-refractivity contribution >= 4 is 5.91 Å². The van der Waals surface area contributed by atoms with Crippen molar-refractivity contribution in [2.45, 2.75) is 25.4 Å². The van der Waals surface area contributed by atoms with E-state index in [9.17, 15) is 4.79 Å². The van der Waals surface area contributed by atoms with Gasteiger partial charge in [0, 0.05) is 19.0 Å². The van der Waals surface area contributed by atoms with Crippen LogP contribution in [-0.2, 0) is 11.3 Å². The van der Waals surface area contributed by atoms with Crippen molar-refractivity contribution in [1.29, 1.82) is 0 Å². The molecule has 1 fully saturated rings. The Kier molecular flexibility index (Phi) is 4.01. The van der Waals surface area contributed by atoms with E-state index in [4.69, 9.17) is 5.73 Å². The lowest BCUT2D eigenvalue weighted by atomic mass is 10.1. The highest BCUT2D eigenvalue weighted by atomic mass is 16.2. The van der Waals surface area contributed by atoms with Gasteiger partial charge in [-0.1, -0.05) is 30.3 Å². The number of nitrogens with one attached hydrogen (secondary N) is 1. The topological polar surface area (TPSA) is 72.9 Å². The Balaban J connectivity index is 1.62. The molecule has 5 heteroatoms. The van der Waals surface area contributed by atoms with E-state index in [0.29, 0.717) is 13.1 Å². The van der Waals surface area contributed by atoms with Gasteiger partial charge in [-0.15, -0.1) is 0 Å². The smallest absolute Gasteiger partial charge is 0.223 e. The Morgan fingerprint density at radius 2 is 2.14 bits per heavy atom. The molecule has 0 bridgehead atoms. The highest BCUT2D eigenvalue weighted by Gasteiger charge is 2.29. The van der Waals surface area contributed by atoms with Gasteiger partial charge in [-0.05, 0) is 18.4 Å². The quantitative estimate of drug-likeness (QED) is 0.843. The summed E-state index contributed by atoms with van der Waals surface area (Å²) in [6.45, 7) is 1.30. The van der Waals surface area contributed by atoms with Crippen LogP contribution in [0.5, 0.6) is 0 Å². The van der Waals surface area contributed by atoms with Crippen LogP contribution >= 0.6 is 0 Å². The number of carbonyl (C=O) groups is 1. The molecule has 1 unspecified atom stereocenters. The van der Waals surface area contributed by atoms with Crippen molar-refractivity contribution in [2.24, 2.45) is 11.7 Å². The van der Waals surface area contributed by atoms with Gasteiger partial charge < -0.3 is 15.6 Å². The van der Waals surface area contributed by atoms with Gasteiger partial charge in [-0.3, -0.25) is 4.79 Å². The Morgan fingerprint density at radius 1 is 1.38 bits per heavy atom. The first-order valence-electron chi connectivity index (χ1n) is 7.34. The maximum absolute atomic E-state index is 11.6. The van der Waals surface area contributed by atoms with Crippen molar-refractivity contribution in [2.75, 3.05) is 6.54 Å². The van der Waals surface area contributed by atoms with Crippen LogP contribution in [-0.4, -0.2) is 22.0 Å². The van der Waals surface area contributed by atoms with Crippen LogP contribution in [0, 0.1) is 5.92 Å². The van der Waals surface area contributed by atoms with Gasteiger partial charge in [0.1, 0.15) is 0 Å². The summed E-state index contributed by atoms with van der Waals surface area (Å²) >= 11 is 0. The van der Waals surface area contributed by atoms with Gasteiger partial charge in [-0.25, -0.2) is 4.98 Å². The third-order valence-corrected chi connectivity index (χ3v) is 3.82. The summed E-state index contributed by atoms with van der Waals surface area (Å²) in [7, 11) is 0. The first-order chi connectivity index (χ1) is 10.3. The molecule has 1 aromatic heterocycles. The van der Waals surface area contributed by atoms with Crippen molar-refractivity contribution in [3.8, 4) is 0 Å². The zero-order chi connectivity index (χ0) is 14.7. The molecular weight excluding hydrogens is 264 g/mol. The predicted octanol–water partition coefficient (Wildman–Crippen LogP) is 1.46. The van der Waals surface area contributed by atoms with Crippen LogP contribution in [0.4, 0.5) is 0 Å². The van der Waals surface area contributed by atoms with Crippen molar-refractivity contribution in [1.82, 2.24) is 14.9 Å². The molecule has 0 saturated heterocycles. The van der Waals surface area contributed by atoms with E-state index < -0.39 is 0 Å². The second kappa shape index (κ2) is 6.10. The lowest BCUT2D eigenvalue weighted by Gasteiger charge is -2.15.